The van der Waals surface area contributed by atoms with Gasteiger partial charge in [-0.1, -0.05) is 18.2 Å². The van der Waals surface area contributed by atoms with Crippen molar-refractivity contribution in [1.82, 2.24) is 4.90 Å². The number of rotatable bonds is 7. The molecule has 0 aliphatic carbocycles. The topological polar surface area (TPSA) is 49.8 Å². The molecule has 4 nitrogen and oxygen atoms in total. The van der Waals surface area contributed by atoms with Crippen LogP contribution < -0.4 is 4.74 Å². The van der Waals surface area contributed by atoms with Gasteiger partial charge in [-0.15, -0.1) is 0 Å². The summed E-state index contributed by atoms with van der Waals surface area (Å²) in [6.45, 7) is 4.57. The Hall–Kier alpha value is -1.55. The lowest BCUT2D eigenvalue weighted by molar-refractivity contribution is -0.131. The molecule has 0 heterocycles. The van der Waals surface area contributed by atoms with Crippen LogP contribution in [0.1, 0.15) is 25.3 Å². The molecule has 0 bridgehead atoms. The first-order valence-corrected chi connectivity index (χ1v) is 6.61. The van der Waals surface area contributed by atoms with Crippen LogP contribution in [-0.2, 0) is 4.79 Å². The first-order chi connectivity index (χ1) is 9.00. The SMILES string of the molecule is Cc1ccccc1OCCCC(=O)N(C)CC(C)O. The average molecular weight is 265 g/mol. The minimum absolute atomic E-state index is 0.0364. The van der Waals surface area contributed by atoms with E-state index in [4.69, 9.17) is 4.74 Å². The van der Waals surface area contributed by atoms with Crippen LogP contribution in [-0.4, -0.2) is 42.2 Å². The first-order valence-electron chi connectivity index (χ1n) is 6.61. The van der Waals surface area contributed by atoms with Crippen LogP contribution in [0.15, 0.2) is 24.3 Å². The molecule has 106 valence electrons. The van der Waals surface area contributed by atoms with Crippen molar-refractivity contribution in [2.24, 2.45) is 0 Å². The van der Waals surface area contributed by atoms with Gasteiger partial charge < -0.3 is 14.7 Å². The molecule has 1 unspecified atom stereocenters. The molecular formula is C15H23NO3. The first kappa shape index (κ1) is 15.5. The van der Waals surface area contributed by atoms with E-state index >= 15 is 0 Å². The highest BCUT2D eigenvalue weighted by Gasteiger charge is 2.10. The van der Waals surface area contributed by atoms with Gasteiger partial charge in [0.25, 0.3) is 0 Å². The number of hydrogen-bond acceptors (Lipinski definition) is 3. The Morgan fingerprint density at radius 2 is 2.11 bits per heavy atom. The standard InChI is InChI=1S/C15H23NO3/c1-12-7-4-5-8-14(12)19-10-6-9-15(18)16(3)11-13(2)17/h4-5,7-8,13,17H,6,9-11H2,1-3H3. The van der Waals surface area contributed by atoms with Gasteiger partial charge in [-0.3, -0.25) is 4.79 Å². The summed E-state index contributed by atoms with van der Waals surface area (Å²) in [6.07, 6.45) is 0.629. The lowest BCUT2D eigenvalue weighted by Gasteiger charge is -2.18. The summed E-state index contributed by atoms with van der Waals surface area (Å²) >= 11 is 0. The fourth-order valence-electron chi connectivity index (χ4n) is 1.81. The van der Waals surface area contributed by atoms with Crippen molar-refractivity contribution in [3.05, 3.63) is 29.8 Å². The number of benzene rings is 1. The monoisotopic (exact) mass is 265 g/mol. The minimum atomic E-state index is -0.489. The van der Waals surface area contributed by atoms with E-state index < -0.39 is 6.10 Å². The van der Waals surface area contributed by atoms with Crippen LogP contribution in [0.5, 0.6) is 5.75 Å². The second kappa shape index (κ2) is 7.79. The zero-order valence-corrected chi connectivity index (χ0v) is 11.9. The quantitative estimate of drug-likeness (QED) is 0.767. The maximum Gasteiger partial charge on any atom is 0.222 e. The molecule has 0 aliphatic rings. The number of amides is 1. The van der Waals surface area contributed by atoms with Crippen LogP contribution in [0.2, 0.25) is 0 Å². The molecule has 1 atom stereocenters. The number of ether oxygens (including phenoxy) is 1. The minimum Gasteiger partial charge on any atom is -0.493 e. The Labute approximate surface area is 115 Å². The number of aliphatic hydroxyl groups excluding tert-OH is 1. The maximum atomic E-state index is 11.7. The fraction of sp³-hybridized carbons (Fsp3) is 0.533. The van der Waals surface area contributed by atoms with Gasteiger partial charge >= 0.3 is 0 Å². The molecule has 1 rings (SSSR count). The van der Waals surface area contributed by atoms with Crippen molar-refractivity contribution in [3.8, 4) is 5.75 Å². The number of hydrogen-bond donors (Lipinski definition) is 1. The van der Waals surface area contributed by atoms with Crippen molar-refractivity contribution in [3.63, 3.8) is 0 Å². The van der Waals surface area contributed by atoms with Gasteiger partial charge in [0.05, 0.1) is 12.7 Å². The number of carbonyl (C=O) groups excluding carboxylic acids is 1. The molecular weight excluding hydrogens is 242 g/mol. The molecule has 0 spiro atoms. The zero-order valence-electron chi connectivity index (χ0n) is 11.9. The van der Waals surface area contributed by atoms with Crippen LogP contribution in [0.25, 0.3) is 0 Å². The van der Waals surface area contributed by atoms with E-state index in [0.717, 1.165) is 11.3 Å². The highest BCUT2D eigenvalue weighted by Crippen LogP contribution is 2.16. The molecule has 0 fully saturated rings. The summed E-state index contributed by atoms with van der Waals surface area (Å²) in [5.74, 6) is 0.904. The highest BCUT2D eigenvalue weighted by atomic mass is 16.5. The van der Waals surface area contributed by atoms with Gasteiger partial charge in [0.2, 0.25) is 5.91 Å². The fourth-order valence-corrected chi connectivity index (χ4v) is 1.81. The molecule has 19 heavy (non-hydrogen) atoms. The van der Waals surface area contributed by atoms with Gasteiger partial charge in [-0.05, 0) is 31.9 Å². The molecule has 0 aliphatic heterocycles. The number of likely N-dealkylation sites (N-methyl/N-ethyl adjacent to an activating group) is 1. The summed E-state index contributed by atoms with van der Waals surface area (Å²) in [7, 11) is 1.71. The van der Waals surface area contributed by atoms with E-state index in [-0.39, 0.29) is 5.91 Å². The molecule has 1 aromatic carbocycles. The lowest BCUT2D eigenvalue weighted by Crippen LogP contribution is -2.33. The van der Waals surface area contributed by atoms with Crippen LogP contribution in [0.3, 0.4) is 0 Å². The Balaban J connectivity index is 2.24. The largest absolute Gasteiger partial charge is 0.493 e. The zero-order chi connectivity index (χ0) is 14.3. The van der Waals surface area contributed by atoms with Crippen molar-refractivity contribution in [2.45, 2.75) is 32.8 Å². The van der Waals surface area contributed by atoms with E-state index in [1.54, 1.807) is 18.9 Å². The predicted molar refractivity (Wildman–Crippen MR) is 75.2 cm³/mol. The molecule has 0 aromatic heterocycles. The summed E-state index contributed by atoms with van der Waals surface area (Å²) in [6, 6.07) is 7.83. The van der Waals surface area contributed by atoms with Gasteiger partial charge in [0.15, 0.2) is 0 Å². The van der Waals surface area contributed by atoms with E-state index in [0.29, 0.717) is 26.0 Å². The predicted octanol–water partition coefficient (Wildman–Crippen LogP) is 1.99. The third-order valence-electron chi connectivity index (χ3n) is 2.85. The van der Waals surface area contributed by atoms with E-state index in [1.807, 2.05) is 31.2 Å². The molecule has 0 radical (unpaired) electrons. The Kier molecular flexibility index (Phi) is 6.36. The van der Waals surface area contributed by atoms with E-state index in [9.17, 15) is 9.90 Å². The van der Waals surface area contributed by atoms with Gasteiger partial charge in [0.1, 0.15) is 5.75 Å². The van der Waals surface area contributed by atoms with Gasteiger partial charge in [0, 0.05) is 20.0 Å². The second-order valence-electron chi connectivity index (χ2n) is 4.84. The van der Waals surface area contributed by atoms with Crippen molar-refractivity contribution in [1.29, 1.82) is 0 Å². The van der Waals surface area contributed by atoms with Crippen LogP contribution >= 0.6 is 0 Å². The Morgan fingerprint density at radius 3 is 2.74 bits per heavy atom. The molecule has 1 amide bonds. The smallest absolute Gasteiger partial charge is 0.222 e. The Bertz CT molecular complexity index is 404. The van der Waals surface area contributed by atoms with Crippen LogP contribution in [0, 0.1) is 6.92 Å². The molecule has 4 heteroatoms. The number of aliphatic hydroxyl groups is 1. The highest BCUT2D eigenvalue weighted by molar-refractivity contribution is 5.75. The Morgan fingerprint density at radius 1 is 1.42 bits per heavy atom. The summed E-state index contributed by atoms with van der Waals surface area (Å²) < 4.78 is 5.63. The van der Waals surface area contributed by atoms with Crippen molar-refractivity contribution in [2.75, 3.05) is 20.2 Å². The normalized spacial score (nSPS) is 12.0. The van der Waals surface area contributed by atoms with Crippen molar-refractivity contribution >= 4 is 5.91 Å². The summed E-state index contributed by atoms with van der Waals surface area (Å²) in [5, 5.41) is 9.20. The van der Waals surface area contributed by atoms with Crippen molar-refractivity contribution < 1.29 is 14.6 Å². The van der Waals surface area contributed by atoms with E-state index in [1.165, 1.54) is 0 Å². The number of carbonyl (C=O) groups is 1. The average Bonchev–Trinajstić information content (AvgIpc) is 2.35. The van der Waals surface area contributed by atoms with Gasteiger partial charge in [-0.2, -0.15) is 0 Å². The third-order valence-corrected chi connectivity index (χ3v) is 2.85. The molecule has 1 aromatic rings. The van der Waals surface area contributed by atoms with E-state index in [2.05, 4.69) is 0 Å². The molecule has 0 saturated heterocycles. The molecule has 0 saturated carbocycles. The summed E-state index contributed by atoms with van der Waals surface area (Å²) in [4.78, 5) is 13.3. The van der Waals surface area contributed by atoms with Gasteiger partial charge in [-0.25, -0.2) is 0 Å². The molecule has 1 N–H and O–H groups in total. The maximum absolute atomic E-state index is 11.7. The third kappa shape index (κ3) is 5.75. The number of nitrogens with zero attached hydrogens (tertiary/aromatic N) is 1. The summed E-state index contributed by atoms with van der Waals surface area (Å²) in [5.41, 5.74) is 1.10. The number of aryl methyl sites for hydroxylation is 1. The lowest BCUT2D eigenvalue weighted by atomic mass is 10.2. The number of para-hydroxylation sites is 1. The second-order valence-corrected chi connectivity index (χ2v) is 4.84. The van der Waals surface area contributed by atoms with Crippen LogP contribution in [0.4, 0.5) is 0 Å².